The molecule has 0 aliphatic rings. The van der Waals surface area contributed by atoms with Crippen molar-refractivity contribution >= 4 is 11.6 Å². The van der Waals surface area contributed by atoms with Crippen LogP contribution in [0.3, 0.4) is 0 Å². The van der Waals surface area contributed by atoms with Gasteiger partial charge in [0.25, 0.3) is 0 Å². The summed E-state index contributed by atoms with van der Waals surface area (Å²) in [6, 6.07) is 8.58. The number of benzene rings is 1. The Bertz CT molecular complexity index is 548. The highest BCUT2D eigenvalue weighted by Gasteiger charge is 2.13. The molecule has 0 saturated carbocycles. The molecule has 0 saturated heterocycles. The molecule has 1 heterocycles. The van der Waals surface area contributed by atoms with Crippen LogP contribution in [0.4, 0.5) is 0 Å². The number of aryl methyl sites for hydroxylation is 1. The number of nitrogens with one attached hydrogen (secondary N) is 1. The van der Waals surface area contributed by atoms with Crippen LogP contribution in [-0.2, 0) is 19.9 Å². The summed E-state index contributed by atoms with van der Waals surface area (Å²) in [4.78, 5) is 0. The van der Waals surface area contributed by atoms with Crippen molar-refractivity contribution < 1.29 is 0 Å². The minimum atomic E-state index is 0.486. The summed E-state index contributed by atoms with van der Waals surface area (Å²) in [5, 5.41) is 12.5. The maximum Gasteiger partial charge on any atom is 0.0830 e. The largest absolute Gasteiger partial charge is 0.314 e. The SMILES string of the molecule is CC(C)NCC(Cc1ccc(Cl)cc1)Cc1cn(C)nn1. The number of halogens is 1. The molecule has 0 amide bonds. The van der Waals surface area contributed by atoms with Crippen LogP contribution in [0.15, 0.2) is 30.5 Å². The summed E-state index contributed by atoms with van der Waals surface area (Å²) in [6.07, 6.45) is 3.92. The fourth-order valence-electron chi connectivity index (χ4n) is 2.36. The van der Waals surface area contributed by atoms with Gasteiger partial charge in [0.05, 0.1) is 5.69 Å². The van der Waals surface area contributed by atoms with E-state index in [0.29, 0.717) is 12.0 Å². The van der Waals surface area contributed by atoms with Gasteiger partial charge in [0.2, 0.25) is 0 Å². The van der Waals surface area contributed by atoms with E-state index in [0.717, 1.165) is 30.1 Å². The second-order valence-electron chi connectivity index (χ2n) is 5.85. The van der Waals surface area contributed by atoms with Crippen molar-refractivity contribution in [2.45, 2.75) is 32.7 Å². The lowest BCUT2D eigenvalue weighted by molar-refractivity contribution is 0.441. The monoisotopic (exact) mass is 306 g/mol. The first kappa shape index (κ1) is 16.0. The maximum atomic E-state index is 5.95. The summed E-state index contributed by atoms with van der Waals surface area (Å²) in [7, 11) is 1.90. The average molecular weight is 307 g/mol. The highest BCUT2D eigenvalue weighted by Crippen LogP contribution is 2.16. The Morgan fingerprint density at radius 1 is 1.19 bits per heavy atom. The second kappa shape index (κ2) is 7.57. The fourth-order valence-corrected chi connectivity index (χ4v) is 2.48. The van der Waals surface area contributed by atoms with Crippen molar-refractivity contribution in [1.29, 1.82) is 0 Å². The van der Waals surface area contributed by atoms with Crippen molar-refractivity contribution in [2.24, 2.45) is 13.0 Å². The van der Waals surface area contributed by atoms with E-state index in [4.69, 9.17) is 11.6 Å². The number of aromatic nitrogens is 3. The van der Waals surface area contributed by atoms with Gasteiger partial charge in [-0.1, -0.05) is 42.8 Å². The van der Waals surface area contributed by atoms with Crippen LogP contribution in [0, 0.1) is 5.92 Å². The van der Waals surface area contributed by atoms with Crippen LogP contribution >= 0.6 is 11.6 Å². The molecule has 1 aromatic heterocycles. The number of hydrogen-bond donors (Lipinski definition) is 1. The van der Waals surface area contributed by atoms with Gasteiger partial charge < -0.3 is 5.32 Å². The summed E-state index contributed by atoms with van der Waals surface area (Å²) in [6.45, 7) is 5.31. The van der Waals surface area contributed by atoms with Gasteiger partial charge in [-0.15, -0.1) is 5.10 Å². The Kier molecular flexibility index (Phi) is 5.76. The van der Waals surface area contributed by atoms with E-state index in [2.05, 4.69) is 41.6 Å². The second-order valence-corrected chi connectivity index (χ2v) is 6.28. The molecule has 4 nitrogen and oxygen atoms in total. The molecule has 5 heteroatoms. The minimum absolute atomic E-state index is 0.486. The average Bonchev–Trinajstić information content (AvgIpc) is 2.84. The van der Waals surface area contributed by atoms with E-state index >= 15 is 0 Å². The Labute approximate surface area is 131 Å². The zero-order valence-electron chi connectivity index (χ0n) is 12.9. The van der Waals surface area contributed by atoms with Gasteiger partial charge in [0.15, 0.2) is 0 Å². The van der Waals surface area contributed by atoms with Crippen LogP contribution in [0.25, 0.3) is 0 Å². The molecule has 0 spiro atoms. The first-order chi connectivity index (χ1) is 10.0. The molecule has 1 aromatic carbocycles. The fraction of sp³-hybridized carbons (Fsp3) is 0.500. The van der Waals surface area contributed by atoms with Crippen LogP contribution in [-0.4, -0.2) is 27.6 Å². The molecule has 0 fully saturated rings. The highest BCUT2D eigenvalue weighted by molar-refractivity contribution is 6.30. The van der Waals surface area contributed by atoms with E-state index in [1.807, 2.05) is 25.4 Å². The van der Waals surface area contributed by atoms with Crippen LogP contribution < -0.4 is 5.32 Å². The van der Waals surface area contributed by atoms with E-state index in [9.17, 15) is 0 Å². The molecule has 0 bridgehead atoms. The molecule has 1 unspecified atom stereocenters. The maximum absolute atomic E-state index is 5.95. The standard InChI is InChI=1S/C16H23ClN4/c1-12(2)18-10-14(9-16-11-21(3)20-19-16)8-13-4-6-15(17)7-5-13/h4-7,11-12,14,18H,8-10H2,1-3H3. The van der Waals surface area contributed by atoms with Gasteiger partial charge in [0.1, 0.15) is 0 Å². The Morgan fingerprint density at radius 3 is 2.48 bits per heavy atom. The molecule has 114 valence electrons. The first-order valence-corrected chi connectivity index (χ1v) is 7.73. The molecule has 1 atom stereocenters. The number of nitrogens with zero attached hydrogens (tertiary/aromatic N) is 3. The predicted octanol–water partition coefficient (Wildman–Crippen LogP) is 2.87. The topological polar surface area (TPSA) is 42.7 Å². The van der Waals surface area contributed by atoms with E-state index in [1.165, 1.54) is 5.56 Å². The summed E-state index contributed by atoms with van der Waals surface area (Å²) in [5.41, 5.74) is 2.35. The van der Waals surface area contributed by atoms with Crippen LogP contribution in [0.2, 0.25) is 5.02 Å². The quantitative estimate of drug-likeness (QED) is 0.855. The minimum Gasteiger partial charge on any atom is -0.314 e. The summed E-state index contributed by atoms with van der Waals surface area (Å²) < 4.78 is 1.75. The zero-order valence-corrected chi connectivity index (χ0v) is 13.6. The van der Waals surface area contributed by atoms with E-state index in [1.54, 1.807) is 4.68 Å². The molecule has 1 N–H and O–H groups in total. The van der Waals surface area contributed by atoms with Crippen molar-refractivity contribution in [1.82, 2.24) is 20.3 Å². The number of hydrogen-bond acceptors (Lipinski definition) is 3. The third kappa shape index (κ3) is 5.48. The third-order valence-electron chi connectivity index (χ3n) is 3.40. The van der Waals surface area contributed by atoms with E-state index < -0.39 is 0 Å². The third-order valence-corrected chi connectivity index (χ3v) is 3.65. The molecular weight excluding hydrogens is 284 g/mol. The normalized spacial score (nSPS) is 12.8. The lowest BCUT2D eigenvalue weighted by atomic mass is 9.94. The van der Waals surface area contributed by atoms with Gasteiger partial charge in [-0.25, -0.2) is 0 Å². The lowest BCUT2D eigenvalue weighted by Gasteiger charge is -2.18. The van der Waals surface area contributed by atoms with Crippen molar-refractivity contribution in [3.05, 3.63) is 46.7 Å². The summed E-state index contributed by atoms with van der Waals surface area (Å²) >= 11 is 5.95. The molecule has 21 heavy (non-hydrogen) atoms. The van der Waals surface area contributed by atoms with Gasteiger partial charge in [-0.2, -0.15) is 0 Å². The smallest absolute Gasteiger partial charge is 0.0830 e. The van der Waals surface area contributed by atoms with Crippen molar-refractivity contribution in [3.63, 3.8) is 0 Å². The van der Waals surface area contributed by atoms with E-state index in [-0.39, 0.29) is 0 Å². The van der Waals surface area contributed by atoms with Crippen LogP contribution in [0.1, 0.15) is 25.1 Å². The molecule has 0 aliphatic carbocycles. The molecule has 0 radical (unpaired) electrons. The highest BCUT2D eigenvalue weighted by atomic mass is 35.5. The zero-order chi connectivity index (χ0) is 15.2. The van der Waals surface area contributed by atoms with Crippen LogP contribution in [0.5, 0.6) is 0 Å². The molecular formula is C16H23ClN4. The Hall–Kier alpha value is -1.39. The Morgan fingerprint density at radius 2 is 1.90 bits per heavy atom. The Balaban J connectivity index is 2.02. The van der Waals surface area contributed by atoms with Gasteiger partial charge >= 0.3 is 0 Å². The van der Waals surface area contributed by atoms with Crippen molar-refractivity contribution in [2.75, 3.05) is 6.54 Å². The number of rotatable bonds is 7. The molecule has 2 rings (SSSR count). The first-order valence-electron chi connectivity index (χ1n) is 7.36. The molecule has 2 aromatic rings. The van der Waals surface area contributed by atoms with Crippen molar-refractivity contribution in [3.8, 4) is 0 Å². The summed E-state index contributed by atoms with van der Waals surface area (Å²) in [5.74, 6) is 0.491. The predicted molar refractivity (Wildman–Crippen MR) is 86.5 cm³/mol. The van der Waals surface area contributed by atoms with Gasteiger partial charge in [-0.3, -0.25) is 4.68 Å². The van der Waals surface area contributed by atoms with Gasteiger partial charge in [0, 0.05) is 24.3 Å². The van der Waals surface area contributed by atoms with Gasteiger partial charge in [-0.05, 0) is 43.0 Å². The lowest BCUT2D eigenvalue weighted by Crippen LogP contribution is -2.31. The molecule has 0 aliphatic heterocycles.